The molecule has 0 fully saturated rings. The van der Waals surface area contributed by atoms with Gasteiger partial charge in [-0.3, -0.25) is 4.79 Å². The zero-order valence-electron chi connectivity index (χ0n) is 18.7. The van der Waals surface area contributed by atoms with E-state index in [-0.39, 0.29) is 11.4 Å². The molecule has 4 rings (SSSR count). The van der Waals surface area contributed by atoms with Gasteiger partial charge in [0, 0.05) is 11.8 Å². The molecule has 30 heavy (non-hydrogen) atoms. The number of esters is 1. The summed E-state index contributed by atoms with van der Waals surface area (Å²) in [7, 11) is 0. The largest absolute Gasteiger partial charge is 0.466 e. The summed E-state index contributed by atoms with van der Waals surface area (Å²) in [6, 6.07) is 18.1. The zero-order chi connectivity index (χ0) is 21.3. The third kappa shape index (κ3) is 3.43. The van der Waals surface area contributed by atoms with Gasteiger partial charge in [0.1, 0.15) is 0 Å². The molecule has 0 heterocycles. The average molecular weight is 401 g/mol. The van der Waals surface area contributed by atoms with E-state index in [0.29, 0.717) is 13.0 Å². The highest BCUT2D eigenvalue weighted by Gasteiger charge is 2.43. The SMILES string of the molecule is CCCCC1(CCC(=O)OCC)c2cc(C)c(C)cc2-c2cc3ccccc3cc21. The molecule has 0 radical (unpaired) electrons. The lowest BCUT2D eigenvalue weighted by Gasteiger charge is -2.33. The number of aryl methyl sites for hydroxylation is 2. The monoisotopic (exact) mass is 400 g/mol. The van der Waals surface area contributed by atoms with Crippen LogP contribution in [0.1, 0.15) is 68.2 Å². The Bertz CT molecular complexity index is 1100. The van der Waals surface area contributed by atoms with E-state index in [4.69, 9.17) is 4.74 Å². The van der Waals surface area contributed by atoms with Gasteiger partial charge >= 0.3 is 5.97 Å². The van der Waals surface area contributed by atoms with Gasteiger partial charge in [-0.1, -0.05) is 56.2 Å². The van der Waals surface area contributed by atoms with Crippen molar-refractivity contribution in [3.63, 3.8) is 0 Å². The Hall–Kier alpha value is -2.61. The number of rotatable bonds is 7. The number of fused-ring (bicyclic) bond motifs is 4. The first-order valence-corrected chi connectivity index (χ1v) is 11.3. The van der Waals surface area contributed by atoms with Crippen LogP contribution < -0.4 is 0 Å². The molecule has 1 unspecified atom stereocenters. The summed E-state index contributed by atoms with van der Waals surface area (Å²) < 4.78 is 5.30. The minimum absolute atomic E-state index is 0.0898. The van der Waals surface area contributed by atoms with E-state index in [2.05, 4.69) is 69.3 Å². The molecule has 1 aliphatic rings. The molecular formula is C28H32O2. The summed E-state index contributed by atoms with van der Waals surface area (Å²) in [5.41, 5.74) is 7.99. The van der Waals surface area contributed by atoms with Crippen LogP contribution in [-0.2, 0) is 14.9 Å². The number of unbranched alkanes of at least 4 members (excludes halogenated alkanes) is 1. The number of hydrogen-bond donors (Lipinski definition) is 0. The number of ether oxygens (including phenoxy) is 1. The smallest absolute Gasteiger partial charge is 0.305 e. The molecule has 0 amide bonds. The van der Waals surface area contributed by atoms with Crippen molar-refractivity contribution in [2.45, 2.75) is 65.2 Å². The lowest BCUT2D eigenvalue weighted by Crippen LogP contribution is -2.27. The Morgan fingerprint density at radius 1 is 0.867 bits per heavy atom. The number of hydrogen-bond acceptors (Lipinski definition) is 2. The van der Waals surface area contributed by atoms with Crippen molar-refractivity contribution >= 4 is 16.7 Å². The number of carbonyl (C=O) groups is 1. The van der Waals surface area contributed by atoms with Crippen LogP contribution in [0, 0.1) is 13.8 Å². The topological polar surface area (TPSA) is 26.3 Å². The van der Waals surface area contributed by atoms with Crippen LogP contribution in [0.25, 0.3) is 21.9 Å². The molecule has 2 nitrogen and oxygen atoms in total. The fraction of sp³-hybridized carbons (Fsp3) is 0.393. The normalized spacial score (nSPS) is 17.1. The van der Waals surface area contributed by atoms with Crippen molar-refractivity contribution in [2.24, 2.45) is 0 Å². The van der Waals surface area contributed by atoms with Crippen LogP contribution in [0.2, 0.25) is 0 Å². The van der Waals surface area contributed by atoms with Crippen molar-refractivity contribution < 1.29 is 9.53 Å². The van der Waals surface area contributed by atoms with Crippen LogP contribution in [-0.4, -0.2) is 12.6 Å². The predicted octanol–water partition coefficient (Wildman–Crippen LogP) is 7.26. The van der Waals surface area contributed by atoms with Gasteiger partial charge in [0.25, 0.3) is 0 Å². The van der Waals surface area contributed by atoms with Crippen molar-refractivity contribution in [1.82, 2.24) is 0 Å². The quantitative estimate of drug-likeness (QED) is 0.390. The maximum absolute atomic E-state index is 12.4. The molecular weight excluding hydrogens is 368 g/mol. The van der Waals surface area contributed by atoms with E-state index < -0.39 is 0 Å². The summed E-state index contributed by atoms with van der Waals surface area (Å²) in [4.78, 5) is 12.4. The summed E-state index contributed by atoms with van der Waals surface area (Å²) in [6.07, 6.45) is 4.60. The molecule has 3 aromatic carbocycles. The molecule has 0 spiro atoms. The second kappa shape index (κ2) is 8.26. The maximum Gasteiger partial charge on any atom is 0.305 e. The van der Waals surface area contributed by atoms with Crippen molar-refractivity contribution in [3.8, 4) is 11.1 Å². The number of carbonyl (C=O) groups excluding carboxylic acids is 1. The van der Waals surface area contributed by atoms with Crippen LogP contribution in [0.5, 0.6) is 0 Å². The fourth-order valence-corrected chi connectivity index (χ4v) is 5.13. The fourth-order valence-electron chi connectivity index (χ4n) is 5.13. The van der Waals surface area contributed by atoms with Gasteiger partial charge in [-0.15, -0.1) is 0 Å². The van der Waals surface area contributed by atoms with Crippen molar-refractivity contribution in [1.29, 1.82) is 0 Å². The van der Waals surface area contributed by atoms with E-state index >= 15 is 0 Å². The van der Waals surface area contributed by atoms with Crippen molar-refractivity contribution in [3.05, 3.63) is 70.8 Å². The number of benzene rings is 3. The van der Waals surface area contributed by atoms with Gasteiger partial charge in [0.05, 0.1) is 6.61 Å². The van der Waals surface area contributed by atoms with Gasteiger partial charge in [-0.25, -0.2) is 0 Å². The summed E-state index contributed by atoms with van der Waals surface area (Å²) in [5.74, 6) is -0.0898. The van der Waals surface area contributed by atoms with Gasteiger partial charge in [-0.2, -0.15) is 0 Å². The lowest BCUT2D eigenvalue weighted by molar-refractivity contribution is -0.143. The van der Waals surface area contributed by atoms with Gasteiger partial charge in [0.2, 0.25) is 0 Å². The third-order valence-corrected chi connectivity index (χ3v) is 6.86. The minimum Gasteiger partial charge on any atom is -0.466 e. The zero-order valence-corrected chi connectivity index (χ0v) is 18.7. The molecule has 1 aliphatic carbocycles. The molecule has 0 N–H and O–H groups in total. The predicted molar refractivity (Wildman–Crippen MR) is 125 cm³/mol. The third-order valence-electron chi connectivity index (χ3n) is 6.86. The summed E-state index contributed by atoms with van der Waals surface area (Å²) in [5, 5.41) is 2.55. The lowest BCUT2D eigenvalue weighted by atomic mass is 9.70. The highest BCUT2D eigenvalue weighted by atomic mass is 16.5. The first kappa shape index (κ1) is 20.7. The summed E-state index contributed by atoms with van der Waals surface area (Å²) in [6.45, 7) is 8.96. The Kier molecular flexibility index (Phi) is 5.69. The average Bonchev–Trinajstić information content (AvgIpc) is 2.98. The van der Waals surface area contributed by atoms with Crippen molar-refractivity contribution in [2.75, 3.05) is 6.61 Å². The van der Waals surface area contributed by atoms with E-state index in [9.17, 15) is 4.79 Å². The second-order valence-electron chi connectivity index (χ2n) is 8.72. The summed E-state index contributed by atoms with van der Waals surface area (Å²) >= 11 is 0. The highest BCUT2D eigenvalue weighted by molar-refractivity contribution is 5.94. The Labute approximate surface area is 180 Å². The molecule has 0 saturated carbocycles. The molecule has 0 aliphatic heterocycles. The molecule has 2 heteroatoms. The molecule has 156 valence electrons. The van der Waals surface area contributed by atoms with E-state index in [1.807, 2.05) is 6.92 Å². The molecule has 1 atom stereocenters. The first-order valence-electron chi connectivity index (χ1n) is 11.3. The van der Waals surface area contributed by atoms with E-state index in [0.717, 1.165) is 25.7 Å². The highest BCUT2D eigenvalue weighted by Crippen LogP contribution is 2.55. The van der Waals surface area contributed by atoms with Crippen LogP contribution in [0.3, 0.4) is 0 Å². The van der Waals surface area contributed by atoms with Crippen LogP contribution in [0.15, 0.2) is 48.5 Å². The molecule has 0 aromatic heterocycles. The molecule has 3 aromatic rings. The van der Waals surface area contributed by atoms with E-state index in [1.54, 1.807) is 0 Å². The molecule has 0 saturated heterocycles. The van der Waals surface area contributed by atoms with E-state index in [1.165, 1.54) is 44.2 Å². The van der Waals surface area contributed by atoms with Crippen LogP contribution in [0.4, 0.5) is 0 Å². The second-order valence-corrected chi connectivity index (χ2v) is 8.72. The first-order chi connectivity index (χ1) is 14.5. The van der Waals surface area contributed by atoms with Crippen LogP contribution >= 0.6 is 0 Å². The maximum atomic E-state index is 12.4. The van der Waals surface area contributed by atoms with Gasteiger partial charge in [0.15, 0.2) is 0 Å². The Morgan fingerprint density at radius 3 is 2.20 bits per heavy atom. The Morgan fingerprint density at radius 2 is 1.50 bits per heavy atom. The standard InChI is InChI=1S/C28H32O2/c1-5-7-13-28(14-12-27(29)30-6-2)25-16-20(4)19(3)15-23(25)24-17-21-10-8-9-11-22(21)18-26(24)28/h8-11,15-18H,5-7,12-14H2,1-4H3. The van der Waals surface area contributed by atoms with Gasteiger partial charge in [-0.05, 0) is 89.9 Å². The Balaban J connectivity index is 1.95. The van der Waals surface area contributed by atoms with Gasteiger partial charge < -0.3 is 4.74 Å². The minimum atomic E-state index is -0.129. The molecule has 0 bridgehead atoms.